The average molecular weight is 372 g/mol. The van der Waals surface area contributed by atoms with E-state index < -0.39 is 18.0 Å². The van der Waals surface area contributed by atoms with Crippen LogP contribution in [0.25, 0.3) is 6.08 Å². The number of rotatable bonds is 7. The predicted octanol–water partition coefficient (Wildman–Crippen LogP) is 2.97. The third-order valence-electron chi connectivity index (χ3n) is 3.74. The third-order valence-corrected chi connectivity index (χ3v) is 3.74. The number of carbonyl (C=O) groups excluding carboxylic acids is 2. The predicted molar refractivity (Wildman–Crippen MR) is 97.3 cm³/mol. The van der Waals surface area contributed by atoms with E-state index in [1.54, 1.807) is 24.3 Å². The maximum absolute atomic E-state index is 12.1. The van der Waals surface area contributed by atoms with Crippen LogP contribution in [-0.2, 0) is 19.1 Å². The molecule has 0 aromatic heterocycles. The molecule has 0 aliphatic rings. The number of phenolic OH excluding ortho intramolecular Hbond substituents is 2. The summed E-state index contributed by atoms with van der Waals surface area (Å²) in [7, 11) is 2.79. The Hall–Kier alpha value is -3.48. The minimum atomic E-state index is -0.825. The number of aromatic hydroxyl groups is 2. The SMILES string of the molecule is COC(=O)CC(OC(=O)/C=C/c1ccc(O)c(O)c1)c1ccc(OC)cc1. The zero-order valence-corrected chi connectivity index (χ0v) is 14.9. The first-order chi connectivity index (χ1) is 12.9. The molecule has 0 amide bonds. The Morgan fingerprint density at radius 3 is 2.33 bits per heavy atom. The number of carbonyl (C=O) groups is 2. The summed E-state index contributed by atoms with van der Waals surface area (Å²) in [5.41, 5.74) is 1.11. The van der Waals surface area contributed by atoms with Crippen molar-refractivity contribution in [2.45, 2.75) is 12.5 Å². The lowest BCUT2D eigenvalue weighted by Gasteiger charge is -2.16. The number of benzene rings is 2. The molecule has 2 N–H and O–H groups in total. The first kappa shape index (κ1) is 19.8. The van der Waals surface area contributed by atoms with Gasteiger partial charge in [-0.1, -0.05) is 18.2 Å². The van der Waals surface area contributed by atoms with Gasteiger partial charge in [0.1, 0.15) is 11.9 Å². The Kier molecular flexibility index (Phi) is 6.82. The quantitative estimate of drug-likeness (QED) is 0.438. The van der Waals surface area contributed by atoms with Crippen LogP contribution >= 0.6 is 0 Å². The highest BCUT2D eigenvalue weighted by Crippen LogP contribution is 2.26. The van der Waals surface area contributed by atoms with E-state index in [0.717, 1.165) is 0 Å². The molecule has 0 aliphatic carbocycles. The molecule has 0 aliphatic heterocycles. The van der Waals surface area contributed by atoms with Crippen molar-refractivity contribution in [2.75, 3.05) is 14.2 Å². The molecule has 0 saturated heterocycles. The van der Waals surface area contributed by atoms with Gasteiger partial charge in [0, 0.05) is 6.08 Å². The fourth-order valence-electron chi connectivity index (χ4n) is 2.27. The van der Waals surface area contributed by atoms with Gasteiger partial charge in [0.25, 0.3) is 0 Å². The van der Waals surface area contributed by atoms with Crippen molar-refractivity contribution >= 4 is 18.0 Å². The smallest absolute Gasteiger partial charge is 0.331 e. The second-order valence-corrected chi connectivity index (χ2v) is 5.56. The molecule has 7 nitrogen and oxygen atoms in total. The second-order valence-electron chi connectivity index (χ2n) is 5.56. The summed E-state index contributed by atoms with van der Waals surface area (Å²) in [6.07, 6.45) is 1.63. The molecule has 0 radical (unpaired) electrons. The van der Waals surface area contributed by atoms with Crippen LogP contribution in [0.1, 0.15) is 23.7 Å². The molecule has 7 heteroatoms. The Morgan fingerprint density at radius 1 is 1.04 bits per heavy atom. The third kappa shape index (κ3) is 5.78. The van der Waals surface area contributed by atoms with Crippen LogP contribution in [0, 0.1) is 0 Å². The van der Waals surface area contributed by atoms with E-state index in [-0.39, 0.29) is 17.9 Å². The van der Waals surface area contributed by atoms with Crippen LogP contribution < -0.4 is 4.74 Å². The van der Waals surface area contributed by atoms with Gasteiger partial charge in [-0.15, -0.1) is 0 Å². The van der Waals surface area contributed by atoms with Gasteiger partial charge in [0.2, 0.25) is 0 Å². The van der Waals surface area contributed by atoms with E-state index in [1.807, 2.05) is 0 Å². The molecule has 0 heterocycles. The number of hydrogen-bond acceptors (Lipinski definition) is 7. The normalized spacial score (nSPS) is 11.8. The van der Waals surface area contributed by atoms with Gasteiger partial charge in [0.05, 0.1) is 20.6 Å². The van der Waals surface area contributed by atoms with Gasteiger partial charge in [-0.05, 0) is 41.5 Å². The van der Waals surface area contributed by atoms with Crippen LogP contribution in [0.15, 0.2) is 48.5 Å². The van der Waals surface area contributed by atoms with Crippen molar-refractivity contribution in [1.29, 1.82) is 0 Å². The molecule has 1 unspecified atom stereocenters. The van der Waals surface area contributed by atoms with Crippen molar-refractivity contribution < 1.29 is 34.0 Å². The van der Waals surface area contributed by atoms with Crippen molar-refractivity contribution in [3.8, 4) is 17.2 Å². The van der Waals surface area contributed by atoms with Gasteiger partial charge in [0.15, 0.2) is 11.5 Å². The number of hydrogen-bond donors (Lipinski definition) is 2. The summed E-state index contributed by atoms with van der Waals surface area (Å²) >= 11 is 0. The molecule has 1 atom stereocenters. The number of methoxy groups -OCH3 is 2. The summed E-state index contributed by atoms with van der Waals surface area (Å²) in [5.74, 6) is -1.11. The lowest BCUT2D eigenvalue weighted by atomic mass is 10.1. The minimum absolute atomic E-state index is 0.137. The zero-order valence-electron chi connectivity index (χ0n) is 14.9. The van der Waals surface area contributed by atoms with Crippen molar-refractivity contribution in [3.63, 3.8) is 0 Å². The Balaban J connectivity index is 2.12. The topological polar surface area (TPSA) is 102 Å². The lowest BCUT2D eigenvalue weighted by molar-refractivity contribution is -0.150. The largest absolute Gasteiger partial charge is 0.504 e. The van der Waals surface area contributed by atoms with Gasteiger partial charge in [-0.2, -0.15) is 0 Å². The van der Waals surface area contributed by atoms with Gasteiger partial charge in [-0.3, -0.25) is 4.79 Å². The molecule has 0 spiro atoms. The first-order valence-electron chi connectivity index (χ1n) is 8.04. The van der Waals surface area contributed by atoms with E-state index in [0.29, 0.717) is 16.9 Å². The summed E-state index contributed by atoms with van der Waals surface area (Å²) in [4.78, 5) is 23.8. The van der Waals surface area contributed by atoms with Crippen molar-refractivity contribution in [3.05, 3.63) is 59.7 Å². The van der Waals surface area contributed by atoms with Crippen molar-refractivity contribution in [1.82, 2.24) is 0 Å². The molecular formula is C20H20O7. The highest BCUT2D eigenvalue weighted by molar-refractivity contribution is 5.87. The van der Waals surface area contributed by atoms with E-state index >= 15 is 0 Å². The second kappa shape index (κ2) is 9.28. The maximum atomic E-state index is 12.1. The van der Waals surface area contributed by atoms with E-state index in [4.69, 9.17) is 9.47 Å². The monoisotopic (exact) mass is 372 g/mol. The maximum Gasteiger partial charge on any atom is 0.331 e. The summed E-state index contributed by atoms with van der Waals surface area (Å²) in [5, 5.41) is 18.8. The van der Waals surface area contributed by atoms with Gasteiger partial charge >= 0.3 is 11.9 Å². The summed E-state index contributed by atoms with van der Waals surface area (Å²) < 4.78 is 15.1. The van der Waals surface area contributed by atoms with E-state index in [1.165, 1.54) is 44.6 Å². The molecule has 2 aromatic rings. The number of esters is 2. The first-order valence-corrected chi connectivity index (χ1v) is 8.04. The molecule has 27 heavy (non-hydrogen) atoms. The summed E-state index contributed by atoms with van der Waals surface area (Å²) in [6, 6.07) is 10.9. The van der Waals surface area contributed by atoms with Gasteiger partial charge in [-0.25, -0.2) is 4.79 Å². The van der Waals surface area contributed by atoms with Crippen LogP contribution in [0.4, 0.5) is 0 Å². The molecule has 2 rings (SSSR count). The molecule has 0 fully saturated rings. The lowest BCUT2D eigenvalue weighted by Crippen LogP contribution is -2.15. The fraction of sp³-hybridized carbons (Fsp3) is 0.200. The molecule has 2 aromatic carbocycles. The van der Waals surface area contributed by atoms with Crippen LogP contribution in [0.2, 0.25) is 0 Å². The van der Waals surface area contributed by atoms with Crippen LogP contribution in [0.3, 0.4) is 0 Å². The molecule has 0 saturated carbocycles. The highest BCUT2D eigenvalue weighted by atomic mass is 16.6. The Labute approximate surface area is 156 Å². The zero-order chi connectivity index (χ0) is 19.8. The van der Waals surface area contributed by atoms with Crippen molar-refractivity contribution in [2.24, 2.45) is 0 Å². The van der Waals surface area contributed by atoms with Gasteiger partial charge < -0.3 is 24.4 Å². The Bertz CT molecular complexity index is 825. The average Bonchev–Trinajstić information content (AvgIpc) is 2.68. The highest BCUT2D eigenvalue weighted by Gasteiger charge is 2.20. The number of ether oxygens (including phenoxy) is 3. The molecular weight excluding hydrogens is 352 g/mol. The molecule has 142 valence electrons. The van der Waals surface area contributed by atoms with Crippen LogP contribution in [0.5, 0.6) is 17.2 Å². The minimum Gasteiger partial charge on any atom is -0.504 e. The fourth-order valence-corrected chi connectivity index (χ4v) is 2.27. The standard InChI is InChI=1S/C20H20O7/c1-25-15-7-5-14(6-8-15)18(12-20(24)26-2)27-19(23)10-4-13-3-9-16(21)17(22)11-13/h3-11,18,21-22H,12H2,1-2H3/b10-4+. The van der Waals surface area contributed by atoms with Crippen LogP contribution in [-0.4, -0.2) is 36.4 Å². The van der Waals surface area contributed by atoms with E-state index in [2.05, 4.69) is 4.74 Å². The molecule has 0 bridgehead atoms. The summed E-state index contributed by atoms with van der Waals surface area (Å²) in [6.45, 7) is 0. The number of phenols is 2. The van der Waals surface area contributed by atoms with E-state index in [9.17, 15) is 19.8 Å². The Morgan fingerprint density at radius 2 is 1.74 bits per heavy atom.